The lowest BCUT2D eigenvalue weighted by atomic mass is 10.2. The fraction of sp³-hybridized carbons (Fsp3) is 0.211. The number of quaternary nitrogens is 1. The smallest absolute Gasteiger partial charge is 0.279 e. The molecule has 2 N–H and O–H groups in total. The van der Waals surface area contributed by atoms with E-state index in [1.807, 2.05) is 49.4 Å². The number of amides is 1. The van der Waals surface area contributed by atoms with Gasteiger partial charge in [-0.2, -0.15) is 0 Å². The van der Waals surface area contributed by atoms with Crippen molar-refractivity contribution in [2.75, 3.05) is 11.9 Å². The molecule has 0 saturated carbocycles. The minimum Gasteiger partial charge on any atom is -0.463 e. The summed E-state index contributed by atoms with van der Waals surface area (Å²) < 4.78 is 5.45. The first-order valence-corrected chi connectivity index (χ1v) is 8.82. The molecule has 2 heterocycles. The number of anilines is 1. The number of aryl methyl sites for hydroxylation is 1. The second kappa shape index (κ2) is 7.95. The molecule has 0 fully saturated rings. The summed E-state index contributed by atoms with van der Waals surface area (Å²) in [5.74, 6) is 0.906. The minimum atomic E-state index is 0.0127. The molecule has 0 aliphatic rings. The molecule has 1 unspecified atom stereocenters. The highest BCUT2D eigenvalue weighted by Gasteiger charge is 2.17. The van der Waals surface area contributed by atoms with Crippen LogP contribution >= 0.6 is 11.3 Å². The summed E-state index contributed by atoms with van der Waals surface area (Å²) in [5, 5.41) is 5.05. The maximum Gasteiger partial charge on any atom is 0.279 e. The zero-order valence-electron chi connectivity index (χ0n) is 13.6. The Bertz CT molecular complexity index is 730. The molecule has 0 spiro atoms. The van der Waals surface area contributed by atoms with Crippen molar-refractivity contribution in [2.45, 2.75) is 20.0 Å². The van der Waals surface area contributed by atoms with Crippen molar-refractivity contribution >= 4 is 22.9 Å². The number of rotatable bonds is 7. The lowest BCUT2D eigenvalue weighted by Gasteiger charge is -2.17. The maximum atomic E-state index is 12.4. The van der Waals surface area contributed by atoms with Crippen LogP contribution in [0.15, 0.2) is 64.6 Å². The van der Waals surface area contributed by atoms with Gasteiger partial charge < -0.3 is 14.6 Å². The Balaban J connectivity index is 1.64. The lowest BCUT2D eigenvalue weighted by Crippen LogP contribution is -3.10. The third-order valence-electron chi connectivity index (χ3n) is 3.72. The van der Waals surface area contributed by atoms with Gasteiger partial charge in [-0.15, -0.1) is 11.3 Å². The highest BCUT2D eigenvalue weighted by atomic mass is 32.1. The first-order chi connectivity index (χ1) is 11.7. The zero-order chi connectivity index (χ0) is 16.8. The second-order valence-electron chi connectivity index (χ2n) is 5.86. The molecule has 1 atom stereocenters. The minimum absolute atomic E-state index is 0.0127. The SMILES string of the molecule is Cc1cccc(NC(=O)C[NH+](Cc2ccco2)Cc2cccs2)c1. The van der Waals surface area contributed by atoms with Crippen LogP contribution in [0.1, 0.15) is 16.2 Å². The number of furan rings is 1. The lowest BCUT2D eigenvalue weighted by molar-refractivity contribution is -0.920. The van der Waals surface area contributed by atoms with Crippen molar-refractivity contribution in [3.8, 4) is 0 Å². The number of nitrogens with one attached hydrogen (secondary N) is 2. The van der Waals surface area contributed by atoms with Gasteiger partial charge in [0.05, 0.1) is 11.1 Å². The molecular formula is C19H21N2O2S+. The zero-order valence-corrected chi connectivity index (χ0v) is 14.4. The molecular weight excluding hydrogens is 320 g/mol. The molecule has 0 saturated heterocycles. The van der Waals surface area contributed by atoms with Crippen LogP contribution in [-0.4, -0.2) is 12.5 Å². The Labute approximate surface area is 145 Å². The van der Waals surface area contributed by atoms with Crippen molar-refractivity contribution in [3.05, 3.63) is 76.4 Å². The fourth-order valence-corrected chi connectivity index (χ4v) is 3.44. The van der Waals surface area contributed by atoms with Crippen LogP contribution in [0.2, 0.25) is 0 Å². The van der Waals surface area contributed by atoms with E-state index in [1.54, 1.807) is 17.6 Å². The van der Waals surface area contributed by atoms with Crippen LogP contribution in [0.5, 0.6) is 0 Å². The topological polar surface area (TPSA) is 46.7 Å². The van der Waals surface area contributed by atoms with Gasteiger partial charge in [-0.3, -0.25) is 4.79 Å². The average Bonchev–Trinajstić information content (AvgIpc) is 3.21. The number of carbonyl (C=O) groups is 1. The van der Waals surface area contributed by atoms with Crippen LogP contribution in [0, 0.1) is 6.92 Å². The highest BCUT2D eigenvalue weighted by molar-refractivity contribution is 7.09. The molecule has 5 heteroatoms. The number of hydrogen-bond donors (Lipinski definition) is 2. The molecule has 3 rings (SSSR count). The third kappa shape index (κ3) is 4.81. The van der Waals surface area contributed by atoms with Gasteiger partial charge in [0.15, 0.2) is 12.3 Å². The van der Waals surface area contributed by atoms with Crippen molar-refractivity contribution < 1.29 is 14.1 Å². The number of benzene rings is 1. The predicted octanol–water partition coefficient (Wildman–Crippen LogP) is 2.87. The van der Waals surface area contributed by atoms with E-state index in [2.05, 4.69) is 16.8 Å². The molecule has 0 aliphatic carbocycles. The van der Waals surface area contributed by atoms with Crippen LogP contribution in [0.25, 0.3) is 0 Å². The van der Waals surface area contributed by atoms with Crippen LogP contribution in [0.4, 0.5) is 5.69 Å². The summed E-state index contributed by atoms with van der Waals surface area (Å²) in [5.41, 5.74) is 1.97. The average molecular weight is 341 g/mol. The first kappa shape index (κ1) is 16.5. The van der Waals surface area contributed by atoms with Gasteiger partial charge in [0.2, 0.25) is 0 Å². The van der Waals surface area contributed by atoms with Gasteiger partial charge in [-0.25, -0.2) is 0 Å². The Hall–Kier alpha value is -2.37. The molecule has 3 aromatic rings. The third-order valence-corrected chi connectivity index (χ3v) is 4.60. The largest absolute Gasteiger partial charge is 0.463 e. The summed E-state index contributed by atoms with van der Waals surface area (Å²) in [6, 6.07) is 15.8. The van der Waals surface area contributed by atoms with E-state index in [0.29, 0.717) is 13.1 Å². The van der Waals surface area contributed by atoms with Gasteiger partial charge >= 0.3 is 0 Å². The van der Waals surface area contributed by atoms with E-state index in [-0.39, 0.29) is 5.91 Å². The van der Waals surface area contributed by atoms with E-state index in [4.69, 9.17) is 4.42 Å². The molecule has 0 bridgehead atoms. The van der Waals surface area contributed by atoms with E-state index in [0.717, 1.165) is 28.5 Å². The van der Waals surface area contributed by atoms with Crippen molar-refractivity contribution in [2.24, 2.45) is 0 Å². The van der Waals surface area contributed by atoms with Gasteiger partial charge in [0.25, 0.3) is 5.91 Å². The Morgan fingerprint density at radius 1 is 1.17 bits per heavy atom. The number of carbonyl (C=O) groups excluding carboxylic acids is 1. The monoisotopic (exact) mass is 341 g/mol. The Morgan fingerprint density at radius 2 is 2.08 bits per heavy atom. The second-order valence-corrected chi connectivity index (χ2v) is 6.89. The van der Waals surface area contributed by atoms with Gasteiger partial charge in [0.1, 0.15) is 13.1 Å². The normalized spacial score (nSPS) is 12.0. The van der Waals surface area contributed by atoms with E-state index in [1.165, 1.54) is 4.88 Å². The van der Waals surface area contributed by atoms with Crippen molar-refractivity contribution in [3.63, 3.8) is 0 Å². The van der Waals surface area contributed by atoms with Crippen LogP contribution in [0.3, 0.4) is 0 Å². The molecule has 4 nitrogen and oxygen atoms in total. The van der Waals surface area contributed by atoms with Gasteiger partial charge in [0, 0.05) is 5.69 Å². The summed E-state index contributed by atoms with van der Waals surface area (Å²) in [4.78, 5) is 14.8. The van der Waals surface area contributed by atoms with E-state index >= 15 is 0 Å². The molecule has 0 radical (unpaired) electrons. The van der Waals surface area contributed by atoms with Gasteiger partial charge in [-0.1, -0.05) is 18.2 Å². The molecule has 0 aliphatic heterocycles. The molecule has 24 heavy (non-hydrogen) atoms. The van der Waals surface area contributed by atoms with Crippen LogP contribution < -0.4 is 10.2 Å². The Kier molecular flexibility index (Phi) is 5.46. The highest BCUT2D eigenvalue weighted by Crippen LogP contribution is 2.09. The molecule has 2 aromatic heterocycles. The standard InChI is InChI=1S/C19H20N2O2S/c1-15-5-2-6-16(11-15)20-19(22)14-21(12-17-7-3-9-23-17)13-18-8-4-10-24-18/h2-11H,12-14H2,1H3,(H,20,22)/p+1. The van der Waals surface area contributed by atoms with E-state index in [9.17, 15) is 4.79 Å². The van der Waals surface area contributed by atoms with Crippen molar-refractivity contribution in [1.82, 2.24) is 0 Å². The van der Waals surface area contributed by atoms with Crippen LogP contribution in [-0.2, 0) is 17.9 Å². The fourth-order valence-electron chi connectivity index (χ4n) is 2.66. The van der Waals surface area contributed by atoms with E-state index < -0.39 is 0 Å². The quantitative estimate of drug-likeness (QED) is 0.694. The first-order valence-electron chi connectivity index (χ1n) is 7.94. The Morgan fingerprint density at radius 3 is 2.79 bits per heavy atom. The summed E-state index contributed by atoms with van der Waals surface area (Å²) in [6.45, 7) is 3.90. The number of hydrogen-bond acceptors (Lipinski definition) is 3. The molecule has 124 valence electrons. The summed E-state index contributed by atoms with van der Waals surface area (Å²) in [6.07, 6.45) is 1.67. The number of thiophene rings is 1. The maximum absolute atomic E-state index is 12.4. The summed E-state index contributed by atoms with van der Waals surface area (Å²) >= 11 is 1.71. The van der Waals surface area contributed by atoms with Gasteiger partial charge in [-0.05, 0) is 48.2 Å². The predicted molar refractivity (Wildman–Crippen MR) is 96.1 cm³/mol. The molecule has 1 aromatic carbocycles. The molecule has 1 amide bonds. The summed E-state index contributed by atoms with van der Waals surface area (Å²) in [7, 11) is 0. The van der Waals surface area contributed by atoms with Crippen molar-refractivity contribution in [1.29, 1.82) is 0 Å².